The van der Waals surface area contributed by atoms with Crippen molar-refractivity contribution in [3.05, 3.63) is 21.8 Å². The van der Waals surface area contributed by atoms with E-state index in [0.717, 1.165) is 0 Å². The van der Waals surface area contributed by atoms with E-state index in [0.29, 0.717) is 0 Å². The molecule has 0 heterocycles. The minimum absolute atomic E-state index is 1.17. The van der Waals surface area contributed by atoms with Crippen LogP contribution in [0, 0.1) is 12.3 Å². The molecule has 8 heavy (non-hydrogen) atoms. The van der Waals surface area contributed by atoms with E-state index in [2.05, 4.69) is 28.5 Å². The Bertz CT molecular complexity index is 146. The predicted octanol–water partition coefficient (Wildman–Crippen LogP) is 2.51. The van der Waals surface area contributed by atoms with Crippen LogP contribution >= 0.6 is 22.6 Å². The first kappa shape index (κ1) is 7.77. The van der Waals surface area contributed by atoms with Crippen LogP contribution in [0.1, 0.15) is 6.92 Å². The zero-order valence-corrected chi connectivity index (χ0v) is 6.84. The smallest absolute Gasteiger partial charge is 0.00935 e. The first-order valence-electron chi connectivity index (χ1n) is 2.25. The van der Waals surface area contributed by atoms with Crippen molar-refractivity contribution in [2.45, 2.75) is 6.92 Å². The molecule has 0 aromatic rings. The second-order valence-electron chi connectivity index (χ2n) is 1.17. The molecule has 0 aliphatic carbocycles. The summed E-state index contributed by atoms with van der Waals surface area (Å²) in [5.74, 6) is 2.41. The lowest BCUT2D eigenvalue weighted by Gasteiger charge is -1.78. The highest BCUT2D eigenvalue weighted by Gasteiger charge is 1.73. The summed E-state index contributed by atoms with van der Waals surface area (Å²) in [6, 6.07) is 0. The molecule has 0 aliphatic heterocycles. The standard InChI is InChI=1S/C7H7I/c1-3-5-6-7(8)4-2/h1,4-6H,2H3/b6-5-,7-4+. The molecule has 0 fully saturated rings. The van der Waals surface area contributed by atoms with Crippen molar-refractivity contribution in [1.82, 2.24) is 0 Å². The molecule has 0 rings (SSSR count). The van der Waals surface area contributed by atoms with E-state index >= 15 is 0 Å². The van der Waals surface area contributed by atoms with Crippen molar-refractivity contribution in [3.63, 3.8) is 0 Å². The molecule has 0 bridgehead atoms. The molecular weight excluding hydrogens is 211 g/mol. The van der Waals surface area contributed by atoms with Gasteiger partial charge in [0.15, 0.2) is 0 Å². The molecule has 0 spiro atoms. The summed E-state index contributed by atoms with van der Waals surface area (Å²) >= 11 is 2.21. The zero-order valence-electron chi connectivity index (χ0n) is 4.69. The van der Waals surface area contributed by atoms with Gasteiger partial charge in [-0.1, -0.05) is 12.0 Å². The molecule has 0 nitrogen and oxygen atoms in total. The lowest BCUT2D eigenvalue weighted by atomic mass is 10.4. The Morgan fingerprint density at radius 1 is 1.75 bits per heavy atom. The first-order chi connectivity index (χ1) is 3.81. The van der Waals surface area contributed by atoms with Crippen LogP contribution in [0.25, 0.3) is 0 Å². The van der Waals surface area contributed by atoms with Gasteiger partial charge in [0, 0.05) is 3.58 Å². The summed E-state index contributed by atoms with van der Waals surface area (Å²) in [5, 5.41) is 0. The second-order valence-corrected chi connectivity index (χ2v) is 2.42. The van der Waals surface area contributed by atoms with Crippen molar-refractivity contribution in [2.24, 2.45) is 0 Å². The lowest BCUT2D eigenvalue weighted by Crippen LogP contribution is -1.55. The molecule has 0 radical (unpaired) electrons. The van der Waals surface area contributed by atoms with Gasteiger partial charge >= 0.3 is 0 Å². The van der Waals surface area contributed by atoms with Gasteiger partial charge in [-0.05, 0) is 41.7 Å². The van der Waals surface area contributed by atoms with E-state index in [9.17, 15) is 0 Å². The van der Waals surface area contributed by atoms with E-state index in [1.54, 1.807) is 6.08 Å². The van der Waals surface area contributed by atoms with E-state index < -0.39 is 0 Å². The van der Waals surface area contributed by atoms with Crippen LogP contribution in [0.5, 0.6) is 0 Å². The molecule has 0 aliphatic rings. The largest absolute Gasteiger partial charge is 0.115 e. The third kappa shape index (κ3) is 3.94. The van der Waals surface area contributed by atoms with Crippen LogP contribution in [0.4, 0.5) is 0 Å². The molecule has 0 aromatic carbocycles. The molecule has 0 unspecified atom stereocenters. The van der Waals surface area contributed by atoms with Gasteiger partial charge in [0.1, 0.15) is 0 Å². The highest BCUT2D eigenvalue weighted by Crippen LogP contribution is 2.05. The van der Waals surface area contributed by atoms with Gasteiger partial charge in [0.25, 0.3) is 0 Å². The molecule has 0 amide bonds. The van der Waals surface area contributed by atoms with Crippen LogP contribution in [0.2, 0.25) is 0 Å². The van der Waals surface area contributed by atoms with Crippen molar-refractivity contribution in [3.8, 4) is 12.3 Å². The third-order valence-corrected chi connectivity index (χ3v) is 1.60. The Morgan fingerprint density at radius 3 is 2.75 bits per heavy atom. The van der Waals surface area contributed by atoms with E-state index in [1.165, 1.54) is 3.58 Å². The minimum atomic E-state index is 1.17. The number of hydrogen-bond acceptors (Lipinski definition) is 0. The normalized spacial score (nSPS) is 11.9. The van der Waals surface area contributed by atoms with Crippen molar-refractivity contribution in [2.75, 3.05) is 0 Å². The molecular formula is C7H7I. The van der Waals surface area contributed by atoms with E-state index in [-0.39, 0.29) is 0 Å². The molecule has 0 N–H and O–H groups in total. The molecule has 0 saturated carbocycles. The maximum Gasteiger partial charge on any atom is 0.00935 e. The molecule has 0 atom stereocenters. The number of rotatable bonds is 1. The number of hydrogen-bond donors (Lipinski definition) is 0. The van der Waals surface area contributed by atoms with Gasteiger partial charge < -0.3 is 0 Å². The highest BCUT2D eigenvalue weighted by atomic mass is 127. The quantitative estimate of drug-likeness (QED) is 0.360. The monoisotopic (exact) mass is 218 g/mol. The first-order valence-corrected chi connectivity index (χ1v) is 3.33. The Labute approximate surface area is 63.8 Å². The number of terminal acetylenes is 1. The maximum atomic E-state index is 4.96. The van der Waals surface area contributed by atoms with Crippen LogP contribution < -0.4 is 0 Å². The van der Waals surface area contributed by atoms with Crippen LogP contribution in [-0.4, -0.2) is 0 Å². The fourth-order valence-corrected chi connectivity index (χ4v) is 0.404. The Hall–Kier alpha value is -0.230. The average molecular weight is 218 g/mol. The van der Waals surface area contributed by atoms with Crippen molar-refractivity contribution >= 4 is 22.6 Å². The number of halogens is 1. The number of allylic oxidation sites excluding steroid dienone is 4. The van der Waals surface area contributed by atoms with Crippen LogP contribution in [0.3, 0.4) is 0 Å². The summed E-state index contributed by atoms with van der Waals surface area (Å²) in [5.41, 5.74) is 0. The summed E-state index contributed by atoms with van der Waals surface area (Å²) in [4.78, 5) is 0. The fourth-order valence-electron chi connectivity index (χ4n) is 0.224. The van der Waals surface area contributed by atoms with E-state index in [4.69, 9.17) is 6.42 Å². The van der Waals surface area contributed by atoms with Crippen LogP contribution in [-0.2, 0) is 0 Å². The van der Waals surface area contributed by atoms with Crippen molar-refractivity contribution < 1.29 is 0 Å². The molecule has 0 aromatic heterocycles. The highest BCUT2D eigenvalue weighted by molar-refractivity contribution is 14.1. The van der Waals surface area contributed by atoms with Gasteiger partial charge in [0.05, 0.1) is 0 Å². The molecule has 0 saturated heterocycles. The Kier molecular flexibility index (Phi) is 4.78. The zero-order chi connectivity index (χ0) is 6.41. The van der Waals surface area contributed by atoms with Crippen molar-refractivity contribution in [1.29, 1.82) is 0 Å². The van der Waals surface area contributed by atoms with Gasteiger partial charge in [-0.25, -0.2) is 0 Å². The molecule has 42 valence electrons. The van der Waals surface area contributed by atoms with Gasteiger partial charge in [-0.15, -0.1) is 6.42 Å². The summed E-state index contributed by atoms with van der Waals surface area (Å²) in [6.45, 7) is 1.97. The van der Waals surface area contributed by atoms with Gasteiger partial charge in [-0.2, -0.15) is 0 Å². The SMILES string of the molecule is C#C/C=C\C(I)=C/C. The minimum Gasteiger partial charge on any atom is -0.115 e. The second kappa shape index (κ2) is 4.92. The topological polar surface area (TPSA) is 0 Å². The molecule has 1 heteroatoms. The Balaban J connectivity index is 3.75. The Morgan fingerprint density at radius 2 is 2.38 bits per heavy atom. The van der Waals surface area contributed by atoms with Crippen LogP contribution in [0.15, 0.2) is 21.8 Å². The summed E-state index contributed by atoms with van der Waals surface area (Å²) in [6.07, 6.45) is 10.5. The van der Waals surface area contributed by atoms with E-state index in [1.807, 2.05) is 19.1 Å². The fraction of sp³-hybridized carbons (Fsp3) is 0.143. The average Bonchev–Trinajstić information content (AvgIpc) is 1.83. The van der Waals surface area contributed by atoms with Gasteiger partial charge in [-0.3, -0.25) is 0 Å². The predicted molar refractivity (Wildman–Crippen MR) is 45.8 cm³/mol. The summed E-state index contributed by atoms with van der Waals surface area (Å²) < 4.78 is 1.17. The third-order valence-electron chi connectivity index (χ3n) is 0.615. The lowest BCUT2D eigenvalue weighted by molar-refractivity contribution is 1.73. The maximum absolute atomic E-state index is 4.96. The van der Waals surface area contributed by atoms with Gasteiger partial charge in [0.2, 0.25) is 0 Å². The summed E-state index contributed by atoms with van der Waals surface area (Å²) in [7, 11) is 0.